The molecule has 0 bridgehead atoms. The van der Waals surface area contributed by atoms with Crippen LogP contribution in [-0.2, 0) is 4.74 Å². The minimum atomic E-state index is 0.115. The first kappa shape index (κ1) is 12.6. The Morgan fingerprint density at radius 1 is 1.56 bits per heavy atom. The van der Waals surface area contributed by atoms with Crippen molar-refractivity contribution in [3.8, 4) is 0 Å². The van der Waals surface area contributed by atoms with Gasteiger partial charge in [0.15, 0.2) is 0 Å². The summed E-state index contributed by atoms with van der Waals surface area (Å²) in [6, 6.07) is 4.08. The summed E-state index contributed by atoms with van der Waals surface area (Å²) in [7, 11) is 0. The Kier molecular flexibility index (Phi) is 3.70. The number of thiophene rings is 2. The van der Waals surface area contributed by atoms with E-state index in [1.54, 1.807) is 22.7 Å². The SMILES string of the molecule is O=C(c1cc2sccc2s1)N1CCOC(CBr)C1. The lowest BCUT2D eigenvalue weighted by Gasteiger charge is -2.31. The van der Waals surface area contributed by atoms with Gasteiger partial charge in [-0.3, -0.25) is 4.79 Å². The summed E-state index contributed by atoms with van der Waals surface area (Å²) in [5.74, 6) is 0.137. The van der Waals surface area contributed by atoms with E-state index in [4.69, 9.17) is 4.74 Å². The first-order valence-electron chi connectivity index (χ1n) is 5.72. The van der Waals surface area contributed by atoms with Gasteiger partial charge in [0.25, 0.3) is 5.91 Å². The number of amides is 1. The summed E-state index contributed by atoms with van der Waals surface area (Å²) in [6.07, 6.45) is 0.115. The third-order valence-corrected chi connectivity index (χ3v) is 5.75. The smallest absolute Gasteiger partial charge is 0.264 e. The number of morpholine rings is 1. The van der Waals surface area contributed by atoms with Crippen LogP contribution in [-0.4, -0.2) is 41.9 Å². The van der Waals surface area contributed by atoms with Crippen molar-refractivity contribution in [1.82, 2.24) is 4.90 Å². The summed E-state index contributed by atoms with van der Waals surface area (Å²) >= 11 is 6.67. The van der Waals surface area contributed by atoms with Crippen LogP contribution >= 0.6 is 38.6 Å². The fraction of sp³-hybridized carbons (Fsp3) is 0.417. The number of alkyl halides is 1. The molecule has 0 radical (unpaired) electrons. The molecular weight excluding hydrogens is 334 g/mol. The molecule has 1 aliphatic rings. The molecule has 0 aromatic carbocycles. The van der Waals surface area contributed by atoms with E-state index < -0.39 is 0 Å². The third-order valence-electron chi connectivity index (χ3n) is 2.95. The molecule has 1 unspecified atom stereocenters. The van der Waals surface area contributed by atoms with Crippen molar-refractivity contribution in [2.24, 2.45) is 0 Å². The Morgan fingerprint density at radius 3 is 3.22 bits per heavy atom. The van der Waals surface area contributed by atoms with Gasteiger partial charge in [-0.2, -0.15) is 0 Å². The lowest BCUT2D eigenvalue weighted by atomic mass is 10.3. The van der Waals surface area contributed by atoms with Gasteiger partial charge in [0.1, 0.15) is 0 Å². The molecule has 2 aromatic heterocycles. The lowest BCUT2D eigenvalue weighted by molar-refractivity contribution is -0.00945. The topological polar surface area (TPSA) is 29.5 Å². The molecule has 18 heavy (non-hydrogen) atoms. The maximum Gasteiger partial charge on any atom is 0.264 e. The van der Waals surface area contributed by atoms with E-state index in [0.717, 1.165) is 10.2 Å². The lowest BCUT2D eigenvalue weighted by Crippen LogP contribution is -2.46. The highest BCUT2D eigenvalue weighted by Crippen LogP contribution is 2.30. The minimum Gasteiger partial charge on any atom is -0.374 e. The summed E-state index contributed by atoms with van der Waals surface area (Å²) in [5.41, 5.74) is 0. The van der Waals surface area contributed by atoms with Gasteiger partial charge in [-0.1, -0.05) is 15.9 Å². The summed E-state index contributed by atoms with van der Waals surface area (Å²) in [5, 5.41) is 2.83. The zero-order chi connectivity index (χ0) is 12.5. The largest absolute Gasteiger partial charge is 0.374 e. The first-order valence-corrected chi connectivity index (χ1v) is 8.53. The number of nitrogens with zero attached hydrogens (tertiary/aromatic N) is 1. The Morgan fingerprint density at radius 2 is 2.44 bits per heavy atom. The van der Waals surface area contributed by atoms with E-state index in [9.17, 15) is 4.79 Å². The van der Waals surface area contributed by atoms with Gasteiger partial charge < -0.3 is 9.64 Å². The number of carbonyl (C=O) groups excluding carboxylic acids is 1. The molecule has 0 spiro atoms. The van der Waals surface area contributed by atoms with Crippen LogP contribution in [0.2, 0.25) is 0 Å². The maximum absolute atomic E-state index is 12.4. The van der Waals surface area contributed by atoms with Crippen LogP contribution in [0.1, 0.15) is 9.67 Å². The Hall–Kier alpha value is -0.430. The number of hydrogen-bond donors (Lipinski definition) is 0. The fourth-order valence-corrected chi connectivity index (χ4v) is 4.49. The highest BCUT2D eigenvalue weighted by atomic mass is 79.9. The number of ether oxygens (including phenoxy) is 1. The highest BCUT2D eigenvalue weighted by molar-refractivity contribution is 9.09. The molecule has 3 heterocycles. The van der Waals surface area contributed by atoms with Crippen LogP contribution in [0.5, 0.6) is 0 Å². The predicted molar refractivity (Wildman–Crippen MR) is 79.1 cm³/mol. The van der Waals surface area contributed by atoms with Crippen LogP contribution in [0.4, 0.5) is 0 Å². The van der Waals surface area contributed by atoms with E-state index in [1.807, 2.05) is 11.0 Å². The number of fused-ring (bicyclic) bond motifs is 1. The second-order valence-electron chi connectivity index (χ2n) is 4.16. The Balaban J connectivity index is 1.79. The quantitative estimate of drug-likeness (QED) is 0.782. The molecule has 1 saturated heterocycles. The van der Waals surface area contributed by atoms with Gasteiger partial charge in [-0.05, 0) is 17.5 Å². The molecule has 1 amide bonds. The van der Waals surface area contributed by atoms with E-state index in [1.165, 1.54) is 9.40 Å². The van der Waals surface area contributed by atoms with Crippen molar-refractivity contribution in [2.75, 3.05) is 25.0 Å². The van der Waals surface area contributed by atoms with Gasteiger partial charge in [0, 0.05) is 27.8 Å². The van der Waals surface area contributed by atoms with Crippen molar-refractivity contribution < 1.29 is 9.53 Å². The molecule has 3 nitrogen and oxygen atoms in total. The van der Waals surface area contributed by atoms with Gasteiger partial charge in [-0.25, -0.2) is 0 Å². The summed E-state index contributed by atoms with van der Waals surface area (Å²) < 4.78 is 7.96. The van der Waals surface area contributed by atoms with E-state index in [2.05, 4.69) is 27.4 Å². The zero-order valence-corrected chi connectivity index (χ0v) is 12.8. The molecular formula is C12H12BrNO2S2. The van der Waals surface area contributed by atoms with Crippen LogP contribution < -0.4 is 0 Å². The van der Waals surface area contributed by atoms with Crippen molar-refractivity contribution in [1.29, 1.82) is 0 Å². The number of hydrogen-bond acceptors (Lipinski definition) is 4. The van der Waals surface area contributed by atoms with Gasteiger partial charge in [0.2, 0.25) is 0 Å². The molecule has 0 saturated carbocycles. The van der Waals surface area contributed by atoms with Gasteiger partial charge in [-0.15, -0.1) is 22.7 Å². The van der Waals surface area contributed by atoms with Crippen molar-refractivity contribution in [3.05, 3.63) is 22.4 Å². The normalized spacial score (nSPS) is 20.5. The number of carbonyl (C=O) groups is 1. The van der Waals surface area contributed by atoms with Crippen molar-refractivity contribution in [2.45, 2.75) is 6.10 Å². The average molecular weight is 346 g/mol. The molecule has 1 aliphatic heterocycles. The zero-order valence-electron chi connectivity index (χ0n) is 9.60. The van der Waals surface area contributed by atoms with Crippen LogP contribution in [0, 0.1) is 0 Å². The second-order valence-corrected chi connectivity index (χ2v) is 6.84. The molecule has 6 heteroatoms. The van der Waals surface area contributed by atoms with Crippen LogP contribution in [0.15, 0.2) is 17.5 Å². The maximum atomic E-state index is 12.4. The van der Waals surface area contributed by atoms with Crippen LogP contribution in [0.3, 0.4) is 0 Å². The molecule has 2 aromatic rings. The van der Waals surface area contributed by atoms with Crippen LogP contribution in [0.25, 0.3) is 9.40 Å². The molecule has 0 N–H and O–H groups in total. The predicted octanol–water partition coefficient (Wildman–Crippen LogP) is 3.20. The highest BCUT2D eigenvalue weighted by Gasteiger charge is 2.25. The Labute approximate surface area is 121 Å². The summed E-state index contributed by atoms with van der Waals surface area (Å²) in [6.45, 7) is 1.99. The number of rotatable bonds is 2. The van der Waals surface area contributed by atoms with Gasteiger partial charge >= 0.3 is 0 Å². The molecule has 1 fully saturated rings. The van der Waals surface area contributed by atoms with Crippen molar-refractivity contribution in [3.63, 3.8) is 0 Å². The molecule has 96 valence electrons. The average Bonchev–Trinajstić information content (AvgIpc) is 2.98. The summed E-state index contributed by atoms with van der Waals surface area (Å²) in [4.78, 5) is 15.1. The Bertz CT molecular complexity index is 537. The van der Waals surface area contributed by atoms with E-state index >= 15 is 0 Å². The molecule has 0 aliphatic carbocycles. The molecule has 1 atom stereocenters. The number of halogens is 1. The van der Waals surface area contributed by atoms with Crippen molar-refractivity contribution >= 4 is 53.9 Å². The minimum absolute atomic E-state index is 0.115. The van der Waals surface area contributed by atoms with E-state index in [0.29, 0.717) is 19.7 Å². The standard InChI is InChI=1S/C12H12BrNO2S2/c13-6-8-7-14(2-3-16-8)12(15)11-5-10-9(18-11)1-4-17-10/h1,4-5,8H,2-3,6-7H2. The first-order chi connectivity index (χ1) is 8.78. The monoisotopic (exact) mass is 345 g/mol. The second kappa shape index (κ2) is 5.28. The van der Waals surface area contributed by atoms with Gasteiger partial charge in [0.05, 0.1) is 17.6 Å². The fourth-order valence-electron chi connectivity index (χ4n) is 2.02. The molecule has 3 rings (SSSR count). The third kappa shape index (κ3) is 2.34. The van der Waals surface area contributed by atoms with E-state index in [-0.39, 0.29) is 12.0 Å².